The molecule has 0 saturated carbocycles. The summed E-state index contributed by atoms with van der Waals surface area (Å²) in [4.78, 5) is 16.3. The number of benzene rings is 1. The minimum atomic E-state index is -0.300. The first-order valence-electron chi connectivity index (χ1n) is 5.88. The van der Waals surface area contributed by atoms with Crippen LogP contribution >= 0.6 is 35.0 Å². The van der Waals surface area contributed by atoms with Crippen LogP contribution in [0.15, 0.2) is 35.7 Å². The van der Waals surface area contributed by atoms with E-state index in [0.29, 0.717) is 15.7 Å². The summed E-state index contributed by atoms with van der Waals surface area (Å²) in [7, 11) is 1.88. The largest absolute Gasteiger partial charge is 0.329 e. The number of nitrogens with one attached hydrogen (secondary N) is 1. The second-order valence-corrected chi connectivity index (χ2v) is 6.26. The average Bonchev–Trinajstić information content (AvgIpc) is 2.80. The molecule has 0 fully saturated rings. The van der Waals surface area contributed by atoms with Crippen LogP contribution in [-0.2, 0) is 11.8 Å². The maximum atomic E-state index is 12.1. The van der Waals surface area contributed by atoms with Gasteiger partial charge in [0, 0.05) is 19.4 Å². The molecule has 0 aliphatic heterocycles. The Hall–Kier alpha value is -1.17. The second kappa shape index (κ2) is 6.52. The smallest absolute Gasteiger partial charge is 0.237 e. The number of carbonyl (C=O) groups excluding carboxylic acids is 1. The molecule has 1 unspecified atom stereocenters. The maximum Gasteiger partial charge on any atom is 0.237 e. The molecule has 0 bridgehead atoms. The Balaban J connectivity index is 2.04. The first-order valence-corrected chi connectivity index (χ1v) is 7.51. The quantitative estimate of drug-likeness (QED) is 0.866. The average molecular weight is 330 g/mol. The Labute approximate surface area is 131 Å². The van der Waals surface area contributed by atoms with Crippen LogP contribution in [0.2, 0.25) is 10.0 Å². The zero-order chi connectivity index (χ0) is 14.7. The summed E-state index contributed by atoms with van der Waals surface area (Å²) in [6, 6.07) is 5.12. The summed E-state index contributed by atoms with van der Waals surface area (Å²) in [5.41, 5.74) is 0.511. The Morgan fingerprint density at radius 1 is 1.45 bits per heavy atom. The molecule has 1 aromatic carbocycles. The maximum absolute atomic E-state index is 12.1. The molecule has 2 aromatic rings. The van der Waals surface area contributed by atoms with Crippen molar-refractivity contribution in [2.45, 2.75) is 17.3 Å². The summed E-state index contributed by atoms with van der Waals surface area (Å²) >= 11 is 13.3. The fraction of sp³-hybridized carbons (Fsp3) is 0.231. The van der Waals surface area contributed by atoms with Crippen LogP contribution in [-0.4, -0.2) is 20.7 Å². The molecule has 0 aliphatic carbocycles. The predicted octanol–water partition coefficient (Wildman–Crippen LogP) is 3.85. The van der Waals surface area contributed by atoms with Crippen LogP contribution in [0.5, 0.6) is 0 Å². The number of halogens is 2. The van der Waals surface area contributed by atoms with Crippen molar-refractivity contribution in [1.29, 1.82) is 0 Å². The molecule has 1 amide bonds. The first-order chi connectivity index (χ1) is 9.49. The summed E-state index contributed by atoms with van der Waals surface area (Å²) in [5, 5.41) is 4.01. The van der Waals surface area contributed by atoms with Gasteiger partial charge < -0.3 is 9.88 Å². The van der Waals surface area contributed by atoms with E-state index in [4.69, 9.17) is 23.2 Å². The molecule has 0 spiro atoms. The molecule has 4 nitrogen and oxygen atoms in total. The Bertz CT molecular complexity index is 630. The lowest BCUT2D eigenvalue weighted by Gasteiger charge is -2.13. The van der Waals surface area contributed by atoms with E-state index in [1.807, 2.05) is 24.7 Å². The second-order valence-electron chi connectivity index (χ2n) is 4.17. The number of nitrogens with zero attached hydrogens (tertiary/aromatic N) is 2. The van der Waals surface area contributed by atoms with Gasteiger partial charge in [-0.2, -0.15) is 0 Å². The van der Waals surface area contributed by atoms with Gasteiger partial charge in [0.2, 0.25) is 5.91 Å². The van der Waals surface area contributed by atoms with Gasteiger partial charge in [0.1, 0.15) is 0 Å². The van der Waals surface area contributed by atoms with Gasteiger partial charge in [0.25, 0.3) is 0 Å². The van der Waals surface area contributed by atoms with E-state index in [1.165, 1.54) is 11.8 Å². The predicted molar refractivity (Wildman–Crippen MR) is 83.6 cm³/mol. The molecule has 0 radical (unpaired) electrons. The highest BCUT2D eigenvalue weighted by atomic mass is 35.5. The third-order valence-corrected chi connectivity index (χ3v) is 4.63. The molecule has 1 aromatic heterocycles. The molecule has 1 heterocycles. The highest BCUT2D eigenvalue weighted by Crippen LogP contribution is 2.30. The number of carbonyl (C=O) groups is 1. The number of anilines is 1. The number of hydrogen-bond donors (Lipinski definition) is 1. The van der Waals surface area contributed by atoms with E-state index in [9.17, 15) is 4.79 Å². The molecule has 1 atom stereocenters. The molecule has 2 rings (SSSR count). The molecule has 0 saturated heterocycles. The monoisotopic (exact) mass is 329 g/mol. The zero-order valence-corrected chi connectivity index (χ0v) is 13.3. The van der Waals surface area contributed by atoms with Gasteiger partial charge in [-0.3, -0.25) is 4.79 Å². The fourth-order valence-corrected chi connectivity index (χ4v) is 2.69. The van der Waals surface area contributed by atoms with E-state index in [-0.39, 0.29) is 11.2 Å². The van der Waals surface area contributed by atoms with Gasteiger partial charge in [0.05, 0.1) is 21.0 Å². The number of hydrogen-bond acceptors (Lipinski definition) is 3. The number of aromatic nitrogens is 2. The van der Waals surface area contributed by atoms with Gasteiger partial charge in [0.15, 0.2) is 5.16 Å². The lowest BCUT2D eigenvalue weighted by atomic mass is 10.3. The summed E-state index contributed by atoms with van der Waals surface area (Å²) in [6.07, 6.45) is 3.53. The van der Waals surface area contributed by atoms with Gasteiger partial charge in [-0.05, 0) is 19.1 Å². The van der Waals surface area contributed by atoms with E-state index in [0.717, 1.165) is 5.16 Å². The molecule has 20 heavy (non-hydrogen) atoms. The molecule has 1 N–H and O–H groups in total. The molecule has 0 aliphatic rings. The zero-order valence-electron chi connectivity index (χ0n) is 10.9. The van der Waals surface area contributed by atoms with Crippen molar-refractivity contribution in [2.75, 3.05) is 5.32 Å². The number of thioether (sulfide) groups is 1. The third-order valence-electron chi connectivity index (χ3n) is 2.64. The van der Waals surface area contributed by atoms with Crippen molar-refractivity contribution >= 4 is 46.6 Å². The van der Waals surface area contributed by atoms with Crippen LogP contribution in [0.1, 0.15) is 6.92 Å². The molecular formula is C13H13Cl2N3OS. The van der Waals surface area contributed by atoms with Crippen LogP contribution in [0.4, 0.5) is 5.69 Å². The van der Waals surface area contributed by atoms with E-state index in [2.05, 4.69) is 10.3 Å². The van der Waals surface area contributed by atoms with Crippen molar-refractivity contribution < 1.29 is 4.79 Å². The minimum Gasteiger partial charge on any atom is -0.329 e. The summed E-state index contributed by atoms with van der Waals surface area (Å²) in [5.74, 6) is -0.151. The summed E-state index contributed by atoms with van der Waals surface area (Å²) < 4.78 is 1.86. The lowest BCUT2D eigenvalue weighted by molar-refractivity contribution is -0.115. The van der Waals surface area contributed by atoms with E-state index >= 15 is 0 Å². The van der Waals surface area contributed by atoms with Crippen LogP contribution in [0.3, 0.4) is 0 Å². The SMILES string of the molecule is CC(Sc1nccn1C)C(=O)Nc1cccc(Cl)c1Cl. The number of amides is 1. The van der Waals surface area contributed by atoms with E-state index < -0.39 is 0 Å². The highest BCUT2D eigenvalue weighted by molar-refractivity contribution is 8.00. The van der Waals surface area contributed by atoms with Crippen LogP contribution in [0, 0.1) is 0 Å². The van der Waals surface area contributed by atoms with Gasteiger partial charge >= 0.3 is 0 Å². The van der Waals surface area contributed by atoms with Gasteiger partial charge in [-0.1, -0.05) is 41.0 Å². The van der Waals surface area contributed by atoms with Crippen LogP contribution < -0.4 is 5.32 Å². The Morgan fingerprint density at radius 3 is 2.85 bits per heavy atom. The standard InChI is InChI=1S/C13H13Cl2N3OS/c1-8(20-13-16-6-7-18(13)2)12(19)17-10-5-3-4-9(14)11(10)15/h3-8H,1-2H3,(H,17,19). The molecule has 7 heteroatoms. The molecular weight excluding hydrogens is 317 g/mol. The van der Waals surface area contributed by atoms with Crippen molar-refractivity contribution in [3.63, 3.8) is 0 Å². The van der Waals surface area contributed by atoms with Gasteiger partial charge in [-0.25, -0.2) is 4.98 Å². The topological polar surface area (TPSA) is 46.9 Å². The van der Waals surface area contributed by atoms with Crippen LogP contribution in [0.25, 0.3) is 0 Å². The first kappa shape index (κ1) is 15.2. The van der Waals surface area contributed by atoms with Crippen molar-refractivity contribution in [3.8, 4) is 0 Å². The fourth-order valence-electron chi connectivity index (χ4n) is 1.51. The number of rotatable bonds is 4. The van der Waals surface area contributed by atoms with E-state index in [1.54, 1.807) is 24.4 Å². The third kappa shape index (κ3) is 3.48. The van der Waals surface area contributed by atoms with Crippen molar-refractivity contribution in [2.24, 2.45) is 7.05 Å². The Morgan fingerprint density at radius 2 is 2.20 bits per heavy atom. The lowest BCUT2D eigenvalue weighted by Crippen LogP contribution is -2.23. The number of aryl methyl sites for hydroxylation is 1. The van der Waals surface area contributed by atoms with Crippen molar-refractivity contribution in [3.05, 3.63) is 40.6 Å². The summed E-state index contributed by atoms with van der Waals surface area (Å²) in [6.45, 7) is 1.81. The molecule has 106 valence electrons. The normalized spacial score (nSPS) is 12.2. The number of imidazole rings is 1. The minimum absolute atomic E-state index is 0.151. The Kier molecular flexibility index (Phi) is 4.96. The van der Waals surface area contributed by atoms with Gasteiger partial charge in [-0.15, -0.1) is 0 Å². The van der Waals surface area contributed by atoms with Crippen molar-refractivity contribution in [1.82, 2.24) is 9.55 Å². The highest BCUT2D eigenvalue weighted by Gasteiger charge is 2.18.